The van der Waals surface area contributed by atoms with E-state index in [2.05, 4.69) is 17.2 Å². The fourth-order valence-corrected chi connectivity index (χ4v) is 2.27. The third-order valence-electron chi connectivity index (χ3n) is 4.26. The number of benzene rings is 1. The summed E-state index contributed by atoms with van der Waals surface area (Å²) < 4.78 is 0. The van der Waals surface area contributed by atoms with Crippen molar-refractivity contribution < 1.29 is 30.1 Å². The Hall–Kier alpha value is -2.48. The molecular weight excluding hydrogens is 354 g/mol. The molecule has 0 heterocycles. The van der Waals surface area contributed by atoms with Crippen LogP contribution < -0.4 is 10.8 Å². The summed E-state index contributed by atoms with van der Waals surface area (Å²) in [5.41, 5.74) is 0.685. The van der Waals surface area contributed by atoms with E-state index in [0.29, 0.717) is 5.56 Å². The van der Waals surface area contributed by atoms with E-state index in [1.165, 1.54) is 33.2 Å². The van der Waals surface area contributed by atoms with Gasteiger partial charge in [0, 0.05) is 31.6 Å². The number of hydrogen-bond donors (Lipinski definition) is 6. The van der Waals surface area contributed by atoms with Crippen LogP contribution in [0.2, 0.25) is 0 Å². The Labute approximate surface area is 157 Å². The van der Waals surface area contributed by atoms with Crippen LogP contribution >= 0.6 is 0 Å². The molecule has 27 heavy (non-hydrogen) atoms. The number of likely N-dealkylation sites (N-methyl/N-ethyl adjacent to an activating group) is 2. The van der Waals surface area contributed by atoms with Gasteiger partial charge in [-0.05, 0) is 31.2 Å². The highest BCUT2D eigenvalue weighted by Crippen LogP contribution is 2.20. The van der Waals surface area contributed by atoms with Crippen molar-refractivity contribution in [3.05, 3.63) is 35.4 Å². The molecule has 0 aliphatic heterocycles. The number of rotatable bonds is 7. The lowest BCUT2D eigenvalue weighted by Crippen LogP contribution is -2.66. The van der Waals surface area contributed by atoms with Gasteiger partial charge in [-0.25, -0.2) is 0 Å². The maximum atomic E-state index is 12.7. The van der Waals surface area contributed by atoms with Gasteiger partial charge in [-0.1, -0.05) is 11.8 Å². The van der Waals surface area contributed by atoms with E-state index in [1.54, 1.807) is 17.6 Å². The number of hydrogen-bond acceptors (Lipinski definition) is 7. The summed E-state index contributed by atoms with van der Waals surface area (Å²) >= 11 is 0. The number of carbonyl (C=O) groups excluding carboxylic acids is 2. The minimum absolute atomic E-state index is 0.121. The number of nitrogens with one attached hydrogen (secondary N) is 2. The fourth-order valence-electron chi connectivity index (χ4n) is 2.27. The van der Waals surface area contributed by atoms with Crippen LogP contribution in [0.15, 0.2) is 24.3 Å². The molecule has 1 aromatic carbocycles. The van der Waals surface area contributed by atoms with Crippen molar-refractivity contribution in [1.82, 2.24) is 15.7 Å². The van der Waals surface area contributed by atoms with E-state index in [9.17, 15) is 19.8 Å². The zero-order chi connectivity index (χ0) is 20.6. The summed E-state index contributed by atoms with van der Waals surface area (Å²) in [6, 6.07) is 6.21. The minimum Gasteiger partial charge on any atom is -0.394 e. The van der Waals surface area contributed by atoms with Crippen LogP contribution in [0.3, 0.4) is 0 Å². The lowest BCUT2D eigenvalue weighted by Gasteiger charge is -2.39. The number of nitrogens with zero attached hydrogens (tertiary/aromatic N) is 1. The molecule has 0 aliphatic rings. The highest BCUT2D eigenvalue weighted by atomic mass is 16.5. The molecule has 9 nitrogen and oxygen atoms in total. The van der Waals surface area contributed by atoms with Crippen molar-refractivity contribution in [2.75, 3.05) is 20.7 Å². The van der Waals surface area contributed by atoms with Gasteiger partial charge in [0.2, 0.25) is 5.91 Å². The molecule has 0 radical (unpaired) electrons. The van der Waals surface area contributed by atoms with Crippen molar-refractivity contribution >= 4 is 11.8 Å². The van der Waals surface area contributed by atoms with E-state index < -0.39 is 29.7 Å². The summed E-state index contributed by atoms with van der Waals surface area (Å²) in [7, 11) is 2.69. The smallest absolute Gasteiger partial charge is 0.254 e. The Balaban J connectivity index is 3.02. The quantitative estimate of drug-likeness (QED) is 0.195. The molecule has 3 atom stereocenters. The first kappa shape index (κ1) is 22.6. The molecule has 1 aromatic rings. The fraction of sp³-hybridized carbons (Fsp3) is 0.444. The Kier molecular flexibility index (Phi) is 8.36. The van der Waals surface area contributed by atoms with Crippen LogP contribution in [0, 0.1) is 11.8 Å². The van der Waals surface area contributed by atoms with Gasteiger partial charge in [0.05, 0.1) is 12.7 Å². The topological polar surface area (TPSA) is 142 Å². The van der Waals surface area contributed by atoms with E-state index in [-0.39, 0.29) is 18.6 Å². The molecule has 0 aliphatic carbocycles. The Bertz CT molecular complexity index is 712. The van der Waals surface area contributed by atoms with Gasteiger partial charge in [0.25, 0.3) is 5.91 Å². The van der Waals surface area contributed by atoms with Gasteiger partial charge in [0.15, 0.2) is 11.8 Å². The molecule has 0 saturated heterocycles. The second-order valence-electron chi connectivity index (χ2n) is 6.04. The first-order chi connectivity index (χ1) is 12.7. The normalized spacial score (nSPS) is 14.9. The monoisotopic (exact) mass is 379 g/mol. The minimum atomic E-state index is -1.76. The summed E-state index contributed by atoms with van der Waals surface area (Å²) in [6.45, 7) is 0.942. The second kappa shape index (κ2) is 10.0. The van der Waals surface area contributed by atoms with Crippen molar-refractivity contribution in [3.8, 4) is 11.8 Å². The molecule has 0 spiro atoms. The maximum Gasteiger partial charge on any atom is 0.254 e. The van der Waals surface area contributed by atoms with Crippen molar-refractivity contribution in [2.45, 2.75) is 31.2 Å². The third-order valence-corrected chi connectivity index (χ3v) is 4.26. The predicted molar refractivity (Wildman–Crippen MR) is 96.5 cm³/mol. The maximum absolute atomic E-state index is 12.7. The Morgan fingerprint density at radius 3 is 2.33 bits per heavy atom. The van der Waals surface area contributed by atoms with Gasteiger partial charge in [0.1, 0.15) is 0 Å². The van der Waals surface area contributed by atoms with Crippen LogP contribution in [-0.4, -0.2) is 75.8 Å². The van der Waals surface area contributed by atoms with Gasteiger partial charge in [-0.2, -0.15) is 5.48 Å². The average Bonchev–Trinajstić information content (AvgIpc) is 2.70. The van der Waals surface area contributed by atoms with Gasteiger partial charge in [-0.15, -0.1) is 0 Å². The molecule has 0 fully saturated rings. The number of carbonyl (C=O) groups is 2. The summed E-state index contributed by atoms with van der Waals surface area (Å²) in [5.74, 6) is 4.29. The van der Waals surface area contributed by atoms with Crippen LogP contribution in [0.4, 0.5) is 0 Å². The van der Waals surface area contributed by atoms with Gasteiger partial charge < -0.3 is 30.7 Å². The van der Waals surface area contributed by atoms with E-state index in [0.717, 1.165) is 4.90 Å². The molecular formula is C18H25N3O6. The largest absolute Gasteiger partial charge is 0.394 e. The number of aliphatic hydroxyl groups excluding tert-OH is 3. The standard InChI is InChI=1S/C18H25N3O6/c1-18(16(25)19-2,17(26)20-27)21(3)15(24)13-9-7-12(8-10-13)5-4-6-14(23)11-22/h7-10,14,17,20,22-23,26-27H,6,11H2,1-3H3,(H,19,25). The second-order valence-corrected chi connectivity index (χ2v) is 6.04. The first-order valence-corrected chi connectivity index (χ1v) is 8.18. The summed E-state index contributed by atoms with van der Waals surface area (Å²) in [6.07, 6.45) is -2.49. The van der Waals surface area contributed by atoms with Crippen molar-refractivity contribution in [2.24, 2.45) is 0 Å². The summed E-state index contributed by atoms with van der Waals surface area (Å²) in [4.78, 5) is 25.9. The zero-order valence-corrected chi connectivity index (χ0v) is 15.4. The van der Waals surface area contributed by atoms with Crippen molar-refractivity contribution in [3.63, 3.8) is 0 Å². The molecule has 0 aromatic heterocycles. The third kappa shape index (κ3) is 5.26. The molecule has 0 bridgehead atoms. The van der Waals surface area contributed by atoms with Gasteiger partial charge >= 0.3 is 0 Å². The van der Waals surface area contributed by atoms with Crippen molar-refractivity contribution in [1.29, 1.82) is 0 Å². The molecule has 6 N–H and O–H groups in total. The predicted octanol–water partition coefficient (Wildman–Crippen LogP) is -1.34. The first-order valence-electron chi connectivity index (χ1n) is 8.18. The lowest BCUT2D eigenvalue weighted by atomic mass is 9.95. The summed E-state index contributed by atoms with van der Waals surface area (Å²) in [5, 5.41) is 39.3. The molecule has 1 rings (SSSR count). The highest BCUT2D eigenvalue weighted by Gasteiger charge is 2.46. The SMILES string of the molecule is CNC(=O)C(C)(C(O)NO)N(C)C(=O)c1ccc(C#CCC(O)CO)cc1. The van der Waals surface area contributed by atoms with Crippen LogP contribution in [0.1, 0.15) is 29.3 Å². The van der Waals surface area contributed by atoms with E-state index >= 15 is 0 Å². The van der Waals surface area contributed by atoms with Crippen LogP contribution in [0.25, 0.3) is 0 Å². The van der Waals surface area contributed by atoms with Crippen LogP contribution in [-0.2, 0) is 4.79 Å². The zero-order valence-electron chi connectivity index (χ0n) is 15.4. The molecule has 3 unspecified atom stereocenters. The lowest BCUT2D eigenvalue weighted by molar-refractivity contribution is -0.145. The average molecular weight is 379 g/mol. The number of aliphatic hydroxyl groups is 3. The van der Waals surface area contributed by atoms with E-state index in [1.807, 2.05) is 0 Å². The number of amides is 2. The molecule has 0 saturated carbocycles. The Morgan fingerprint density at radius 1 is 1.26 bits per heavy atom. The Morgan fingerprint density at radius 2 is 1.85 bits per heavy atom. The van der Waals surface area contributed by atoms with Crippen LogP contribution in [0.5, 0.6) is 0 Å². The molecule has 148 valence electrons. The number of hydroxylamine groups is 1. The highest BCUT2D eigenvalue weighted by molar-refractivity contribution is 5.99. The molecule has 9 heteroatoms. The van der Waals surface area contributed by atoms with E-state index in [4.69, 9.17) is 10.3 Å². The molecule has 2 amide bonds. The van der Waals surface area contributed by atoms with Gasteiger partial charge in [-0.3, -0.25) is 9.59 Å².